The van der Waals surface area contributed by atoms with Gasteiger partial charge in [-0.25, -0.2) is 0 Å². The molecule has 0 amide bonds. The summed E-state index contributed by atoms with van der Waals surface area (Å²) in [5, 5.41) is 2.05. The highest BCUT2D eigenvalue weighted by atomic mass is 32.2. The SMILES string of the molecule is CC1(C)CC2(SCCS2=O)c2sccc2O1. The van der Waals surface area contributed by atoms with E-state index in [2.05, 4.69) is 13.8 Å². The van der Waals surface area contributed by atoms with Gasteiger partial charge in [-0.1, -0.05) is 0 Å². The van der Waals surface area contributed by atoms with E-state index < -0.39 is 10.8 Å². The molecule has 2 unspecified atom stereocenters. The summed E-state index contributed by atoms with van der Waals surface area (Å²) in [5.74, 6) is 2.77. The Bertz CT molecular complexity index is 452. The molecule has 88 valence electrons. The van der Waals surface area contributed by atoms with Gasteiger partial charge in [0, 0.05) is 28.7 Å². The molecule has 1 saturated heterocycles. The van der Waals surface area contributed by atoms with Gasteiger partial charge in [-0.05, 0) is 25.3 Å². The van der Waals surface area contributed by atoms with E-state index in [0.29, 0.717) is 0 Å². The standard InChI is InChI=1S/C11H14O2S3/c1-10(2)7-11(15-5-6-16(11)12)9-8(13-10)3-4-14-9/h3-4H,5-7H2,1-2H3. The molecule has 0 aliphatic carbocycles. The molecule has 0 aromatic carbocycles. The van der Waals surface area contributed by atoms with E-state index in [4.69, 9.17) is 4.74 Å². The second kappa shape index (κ2) is 3.50. The number of ether oxygens (including phenoxy) is 1. The quantitative estimate of drug-likeness (QED) is 0.727. The predicted molar refractivity (Wildman–Crippen MR) is 70.8 cm³/mol. The molecule has 2 aliphatic heterocycles. The van der Waals surface area contributed by atoms with Gasteiger partial charge in [-0.15, -0.1) is 23.1 Å². The lowest BCUT2D eigenvalue weighted by molar-refractivity contribution is 0.0804. The van der Waals surface area contributed by atoms with Crippen LogP contribution in [-0.4, -0.2) is 21.3 Å². The smallest absolute Gasteiger partial charge is 0.136 e. The maximum Gasteiger partial charge on any atom is 0.136 e. The summed E-state index contributed by atoms with van der Waals surface area (Å²) in [4.78, 5) is 1.19. The molecule has 1 fully saturated rings. The molecule has 3 rings (SSSR count). The Morgan fingerprint density at radius 1 is 1.50 bits per heavy atom. The topological polar surface area (TPSA) is 26.3 Å². The molecule has 2 nitrogen and oxygen atoms in total. The van der Waals surface area contributed by atoms with Crippen molar-refractivity contribution in [1.29, 1.82) is 0 Å². The molecule has 1 spiro atoms. The summed E-state index contributed by atoms with van der Waals surface area (Å²) in [6.45, 7) is 4.18. The van der Waals surface area contributed by atoms with Gasteiger partial charge in [0.05, 0.1) is 4.88 Å². The van der Waals surface area contributed by atoms with Gasteiger partial charge in [-0.3, -0.25) is 4.21 Å². The third-order valence-electron chi connectivity index (χ3n) is 2.99. The van der Waals surface area contributed by atoms with Crippen molar-refractivity contribution in [2.24, 2.45) is 0 Å². The highest BCUT2D eigenvalue weighted by Gasteiger charge is 2.53. The summed E-state index contributed by atoms with van der Waals surface area (Å²) >= 11 is 3.54. The highest BCUT2D eigenvalue weighted by Crippen LogP contribution is 2.58. The van der Waals surface area contributed by atoms with Crippen LogP contribution in [0.15, 0.2) is 11.4 Å². The molecule has 0 saturated carbocycles. The minimum Gasteiger partial charge on any atom is -0.487 e. The summed E-state index contributed by atoms with van der Waals surface area (Å²) < 4.78 is 18.1. The van der Waals surface area contributed by atoms with E-state index in [-0.39, 0.29) is 9.68 Å². The van der Waals surface area contributed by atoms with Gasteiger partial charge in [0.15, 0.2) is 0 Å². The third-order valence-corrected chi connectivity index (χ3v) is 8.36. The van der Waals surface area contributed by atoms with Crippen LogP contribution in [0.1, 0.15) is 25.1 Å². The van der Waals surface area contributed by atoms with Gasteiger partial charge in [-0.2, -0.15) is 0 Å². The lowest BCUT2D eigenvalue weighted by Crippen LogP contribution is -2.42. The Kier molecular flexibility index (Phi) is 2.43. The second-order valence-corrected chi connectivity index (χ2v) is 9.17. The number of hydrogen-bond acceptors (Lipinski definition) is 4. The van der Waals surface area contributed by atoms with Crippen LogP contribution in [-0.2, 0) is 14.9 Å². The Labute approximate surface area is 106 Å². The van der Waals surface area contributed by atoms with Crippen molar-refractivity contribution < 1.29 is 8.95 Å². The largest absolute Gasteiger partial charge is 0.487 e. The van der Waals surface area contributed by atoms with Crippen molar-refractivity contribution in [2.45, 2.75) is 29.9 Å². The van der Waals surface area contributed by atoms with Gasteiger partial charge >= 0.3 is 0 Å². The van der Waals surface area contributed by atoms with Crippen LogP contribution >= 0.6 is 23.1 Å². The second-order valence-electron chi connectivity index (χ2n) is 4.80. The predicted octanol–water partition coefficient (Wildman–Crippen LogP) is 2.96. The zero-order chi connectivity index (χ0) is 11.4. The third kappa shape index (κ3) is 1.48. The Morgan fingerprint density at radius 3 is 3.00 bits per heavy atom. The lowest BCUT2D eigenvalue weighted by atomic mass is 9.98. The molecule has 16 heavy (non-hydrogen) atoms. The first kappa shape index (κ1) is 11.1. The molecule has 2 aliphatic rings. The van der Waals surface area contributed by atoms with E-state index in [1.54, 1.807) is 11.3 Å². The summed E-state index contributed by atoms with van der Waals surface area (Å²) in [6.07, 6.45) is 0.852. The van der Waals surface area contributed by atoms with Crippen molar-refractivity contribution in [1.82, 2.24) is 0 Å². The molecule has 3 heterocycles. The first-order chi connectivity index (χ1) is 7.54. The Hall–Kier alpha value is -0.0000000000000000555. The monoisotopic (exact) mass is 274 g/mol. The fourth-order valence-corrected chi connectivity index (χ4v) is 8.11. The molecule has 0 radical (unpaired) electrons. The number of rotatable bonds is 0. The Balaban J connectivity index is 2.17. The number of thioether (sulfide) groups is 1. The molecule has 0 bridgehead atoms. The van der Waals surface area contributed by atoms with Crippen LogP contribution in [0.2, 0.25) is 0 Å². The van der Waals surface area contributed by atoms with Crippen LogP contribution in [0.5, 0.6) is 5.75 Å². The highest BCUT2D eigenvalue weighted by molar-refractivity contribution is 8.15. The average molecular weight is 274 g/mol. The molecule has 5 heteroatoms. The summed E-state index contributed by atoms with van der Waals surface area (Å²) in [7, 11) is -0.761. The maximum absolute atomic E-state index is 12.3. The van der Waals surface area contributed by atoms with E-state index in [1.807, 2.05) is 23.2 Å². The van der Waals surface area contributed by atoms with Crippen molar-refractivity contribution in [3.05, 3.63) is 16.3 Å². The number of hydrogen-bond donors (Lipinski definition) is 0. The zero-order valence-corrected chi connectivity index (χ0v) is 11.8. The van der Waals surface area contributed by atoms with Gasteiger partial charge in [0.25, 0.3) is 0 Å². The minimum atomic E-state index is -0.761. The molecule has 1 aromatic rings. The zero-order valence-electron chi connectivity index (χ0n) is 9.32. The van der Waals surface area contributed by atoms with E-state index in [1.165, 1.54) is 4.88 Å². The van der Waals surface area contributed by atoms with Crippen molar-refractivity contribution in [3.63, 3.8) is 0 Å². The van der Waals surface area contributed by atoms with Gasteiger partial charge in [0.1, 0.15) is 15.4 Å². The van der Waals surface area contributed by atoms with Crippen molar-refractivity contribution >= 4 is 33.9 Å². The van der Waals surface area contributed by atoms with E-state index in [9.17, 15) is 4.21 Å². The fourth-order valence-electron chi connectivity index (χ4n) is 2.44. The fraction of sp³-hybridized carbons (Fsp3) is 0.636. The van der Waals surface area contributed by atoms with Gasteiger partial charge in [0.2, 0.25) is 0 Å². The van der Waals surface area contributed by atoms with Crippen LogP contribution in [0.25, 0.3) is 0 Å². The van der Waals surface area contributed by atoms with Gasteiger partial charge < -0.3 is 4.74 Å². The first-order valence-electron chi connectivity index (χ1n) is 5.33. The van der Waals surface area contributed by atoms with Crippen molar-refractivity contribution in [3.8, 4) is 5.75 Å². The Morgan fingerprint density at radius 2 is 2.31 bits per heavy atom. The first-order valence-corrected chi connectivity index (χ1v) is 8.51. The van der Waals surface area contributed by atoms with Crippen molar-refractivity contribution in [2.75, 3.05) is 11.5 Å². The summed E-state index contributed by atoms with van der Waals surface area (Å²) in [5.41, 5.74) is -0.207. The molecule has 2 atom stereocenters. The van der Waals surface area contributed by atoms with Crippen LogP contribution in [0, 0.1) is 0 Å². The minimum absolute atomic E-state index is 0.189. The van der Waals surface area contributed by atoms with E-state index in [0.717, 1.165) is 23.7 Å². The molecule has 0 N–H and O–H groups in total. The molecular formula is C11H14O2S3. The van der Waals surface area contributed by atoms with Crippen LogP contribution in [0.3, 0.4) is 0 Å². The lowest BCUT2D eigenvalue weighted by Gasteiger charge is -2.40. The normalized spacial score (nSPS) is 36.0. The number of fused-ring (bicyclic) bond motifs is 2. The molecular weight excluding hydrogens is 260 g/mol. The summed E-state index contributed by atoms with van der Waals surface area (Å²) in [6, 6.07) is 2.01. The molecule has 1 aromatic heterocycles. The number of thiophene rings is 1. The van der Waals surface area contributed by atoms with Crippen LogP contribution < -0.4 is 4.74 Å². The van der Waals surface area contributed by atoms with Crippen LogP contribution in [0.4, 0.5) is 0 Å². The van der Waals surface area contributed by atoms with E-state index >= 15 is 0 Å². The average Bonchev–Trinajstić information content (AvgIpc) is 2.74. The maximum atomic E-state index is 12.3.